The summed E-state index contributed by atoms with van der Waals surface area (Å²) >= 11 is 0. The number of piperidine rings is 1. The van der Waals surface area contributed by atoms with E-state index in [9.17, 15) is 0 Å². The van der Waals surface area contributed by atoms with E-state index in [0.29, 0.717) is 0 Å². The number of rotatable bonds is 6. The number of halogens is 1. The fourth-order valence-electron chi connectivity index (χ4n) is 3.24. The number of guanidine groups is 1. The molecule has 7 nitrogen and oxygen atoms in total. The molecule has 0 radical (unpaired) electrons. The Hall–Kier alpha value is -1.84. The lowest BCUT2D eigenvalue weighted by Gasteiger charge is -2.34. The Labute approximate surface area is 178 Å². The monoisotopic (exact) mass is 484 g/mol. The molecule has 148 valence electrons. The lowest BCUT2D eigenvalue weighted by molar-refractivity contribution is 0.129. The van der Waals surface area contributed by atoms with Crippen LogP contribution in [0.1, 0.15) is 25.6 Å². The zero-order valence-corrected chi connectivity index (χ0v) is 18.4. The second kappa shape index (κ2) is 11.1. The van der Waals surface area contributed by atoms with E-state index in [2.05, 4.69) is 36.9 Å². The van der Waals surface area contributed by atoms with E-state index in [4.69, 9.17) is 4.74 Å². The van der Waals surface area contributed by atoms with Crippen molar-refractivity contribution in [3.05, 3.63) is 42.5 Å². The highest BCUT2D eigenvalue weighted by molar-refractivity contribution is 14.0. The number of hydrogen-bond acceptors (Lipinski definition) is 4. The minimum Gasteiger partial charge on any atom is -0.490 e. The molecule has 1 aliphatic heterocycles. The third kappa shape index (κ3) is 6.08. The second-order valence-corrected chi connectivity index (χ2v) is 6.39. The van der Waals surface area contributed by atoms with Gasteiger partial charge in [0.05, 0.1) is 0 Å². The summed E-state index contributed by atoms with van der Waals surface area (Å²) in [5, 5.41) is 11.5. The second-order valence-electron chi connectivity index (χ2n) is 6.39. The number of ether oxygens (including phenoxy) is 1. The zero-order valence-electron chi connectivity index (χ0n) is 16.0. The van der Waals surface area contributed by atoms with Crippen molar-refractivity contribution in [1.82, 2.24) is 25.0 Å². The fraction of sp³-hybridized carbons (Fsp3) is 0.526. The topological polar surface area (TPSA) is 67.6 Å². The van der Waals surface area contributed by atoms with E-state index < -0.39 is 0 Å². The first-order valence-electron chi connectivity index (χ1n) is 9.34. The number of benzene rings is 1. The lowest BCUT2D eigenvalue weighted by atomic mass is 10.1. The van der Waals surface area contributed by atoms with Crippen molar-refractivity contribution in [2.24, 2.45) is 4.99 Å². The van der Waals surface area contributed by atoms with Crippen LogP contribution in [-0.4, -0.2) is 58.4 Å². The first-order chi connectivity index (χ1) is 12.8. The summed E-state index contributed by atoms with van der Waals surface area (Å²) in [4.78, 5) is 6.74. The number of likely N-dealkylation sites (tertiary alicyclic amines) is 1. The molecule has 8 heteroatoms. The summed E-state index contributed by atoms with van der Waals surface area (Å²) < 4.78 is 8.15. The van der Waals surface area contributed by atoms with E-state index >= 15 is 0 Å². The van der Waals surface area contributed by atoms with Crippen LogP contribution in [0.5, 0.6) is 5.75 Å². The number of aliphatic imine (C=N–C) groups is 1. The smallest absolute Gasteiger partial charge is 0.193 e. The third-order valence-electron chi connectivity index (χ3n) is 4.65. The van der Waals surface area contributed by atoms with E-state index in [0.717, 1.165) is 63.0 Å². The van der Waals surface area contributed by atoms with E-state index in [1.54, 1.807) is 6.33 Å². The van der Waals surface area contributed by atoms with E-state index in [1.807, 2.05) is 37.4 Å². The molecule has 1 aromatic carbocycles. The third-order valence-corrected chi connectivity index (χ3v) is 4.65. The molecule has 0 atom stereocenters. The Morgan fingerprint density at radius 2 is 2.00 bits per heavy atom. The molecule has 0 aliphatic carbocycles. The van der Waals surface area contributed by atoms with Crippen LogP contribution in [-0.2, 0) is 13.0 Å². The number of aryl methyl sites for hydroxylation is 1. The summed E-state index contributed by atoms with van der Waals surface area (Å²) in [5.74, 6) is 2.92. The Kier molecular flexibility index (Phi) is 8.83. The molecule has 2 aromatic rings. The molecule has 2 heterocycles. The highest BCUT2D eigenvalue weighted by Gasteiger charge is 2.22. The van der Waals surface area contributed by atoms with Gasteiger partial charge in [-0.2, -0.15) is 0 Å². The van der Waals surface area contributed by atoms with Gasteiger partial charge in [0, 0.05) is 52.5 Å². The van der Waals surface area contributed by atoms with Crippen molar-refractivity contribution in [2.75, 3.05) is 26.7 Å². The molecule has 27 heavy (non-hydrogen) atoms. The van der Waals surface area contributed by atoms with Gasteiger partial charge in [0.2, 0.25) is 0 Å². The van der Waals surface area contributed by atoms with Crippen molar-refractivity contribution in [1.29, 1.82) is 0 Å². The van der Waals surface area contributed by atoms with E-state index in [-0.39, 0.29) is 30.1 Å². The average Bonchev–Trinajstić information content (AvgIpc) is 3.14. The van der Waals surface area contributed by atoms with Crippen molar-refractivity contribution in [3.8, 4) is 5.75 Å². The van der Waals surface area contributed by atoms with Crippen molar-refractivity contribution < 1.29 is 4.74 Å². The first-order valence-corrected chi connectivity index (χ1v) is 9.34. The molecule has 3 rings (SSSR count). The molecule has 0 unspecified atom stereocenters. The quantitative estimate of drug-likeness (QED) is 0.388. The van der Waals surface area contributed by atoms with Crippen molar-refractivity contribution in [3.63, 3.8) is 0 Å². The highest BCUT2D eigenvalue weighted by Crippen LogP contribution is 2.18. The maximum absolute atomic E-state index is 6.07. The van der Waals surface area contributed by atoms with Crippen LogP contribution in [0, 0.1) is 0 Å². The highest BCUT2D eigenvalue weighted by atomic mass is 127. The lowest BCUT2D eigenvalue weighted by Crippen LogP contribution is -2.48. The Morgan fingerprint density at radius 3 is 2.67 bits per heavy atom. The van der Waals surface area contributed by atoms with Crippen LogP contribution in [0.25, 0.3) is 0 Å². The number of nitrogens with one attached hydrogen (secondary N) is 1. The van der Waals surface area contributed by atoms with Crippen LogP contribution < -0.4 is 10.1 Å². The summed E-state index contributed by atoms with van der Waals surface area (Å²) in [5.41, 5.74) is 0. The first kappa shape index (κ1) is 21.5. The van der Waals surface area contributed by atoms with Crippen LogP contribution in [0.4, 0.5) is 0 Å². The molecule has 1 N–H and O–H groups in total. The zero-order chi connectivity index (χ0) is 18.2. The van der Waals surface area contributed by atoms with Gasteiger partial charge in [-0.3, -0.25) is 4.99 Å². The fourth-order valence-corrected chi connectivity index (χ4v) is 3.24. The number of nitrogens with zero attached hydrogens (tertiary/aromatic N) is 5. The summed E-state index contributed by atoms with van der Waals surface area (Å²) in [6.07, 6.45) is 4.96. The Morgan fingerprint density at radius 1 is 1.26 bits per heavy atom. The SMILES string of the molecule is CCc1nncn1CCNC(=NC)N1CCC(Oc2ccccc2)CC1.I. The standard InChI is InChI=1S/C19H28N6O.HI/c1-3-18-23-22-15-25(18)14-11-21-19(20-2)24-12-9-17(10-13-24)26-16-7-5-4-6-8-16;/h4-8,15,17H,3,9-14H2,1-2H3,(H,20,21);1H. The summed E-state index contributed by atoms with van der Waals surface area (Å²) in [6.45, 7) is 5.63. The molecule has 1 saturated heterocycles. The van der Waals surface area contributed by atoms with Gasteiger partial charge in [-0.25, -0.2) is 0 Å². The maximum atomic E-state index is 6.07. The minimum atomic E-state index is 0. The Bertz CT molecular complexity index is 697. The molecule has 0 amide bonds. The summed E-state index contributed by atoms with van der Waals surface area (Å²) in [6, 6.07) is 10.1. The largest absolute Gasteiger partial charge is 0.490 e. The molecular formula is C19H29IN6O. The number of para-hydroxylation sites is 1. The molecule has 1 fully saturated rings. The predicted octanol–water partition coefficient (Wildman–Crippen LogP) is 2.58. The van der Waals surface area contributed by atoms with Crippen LogP contribution in [0.3, 0.4) is 0 Å². The molecule has 1 aromatic heterocycles. The van der Waals surface area contributed by atoms with Gasteiger partial charge in [0.15, 0.2) is 5.96 Å². The van der Waals surface area contributed by atoms with Gasteiger partial charge in [0.25, 0.3) is 0 Å². The van der Waals surface area contributed by atoms with Gasteiger partial charge in [-0.15, -0.1) is 34.2 Å². The number of hydrogen-bond donors (Lipinski definition) is 1. The molecule has 0 saturated carbocycles. The predicted molar refractivity (Wildman–Crippen MR) is 118 cm³/mol. The normalized spacial score (nSPS) is 15.3. The van der Waals surface area contributed by atoms with E-state index in [1.165, 1.54) is 0 Å². The number of aromatic nitrogens is 3. The minimum absolute atomic E-state index is 0. The van der Waals surface area contributed by atoms with Gasteiger partial charge < -0.3 is 19.5 Å². The molecule has 0 bridgehead atoms. The van der Waals surface area contributed by atoms with Crippen LogP contribution in [0.15, 0.2) is 41.7 Å². The van der Waals surface area contributed by atoms with Gasteiger partial charge in [-0.05, 0) is 12.1 Å². The van der Waals surface area contributed by atoms with Gasteiger partial charge in [-0.1, -0.05) is 25.1 Å². The van der Waals surface area contributed by atoms with Crippen LogP contribution >= 0.6 is 24.0 Å². The van der Waals surface area contributed by atoms with Crippen molar-refractivity contribution in [2.45, 2.75) is 38.8 Å². The molecular weight excluding hydrogens is 455 g/mol. The van der Waals surface area contributed by atoms with Crippen molar-refractivity contribution >= 4 is 29.9 Å². The van der Waals surface area contributed by atoms with Gasteiger partial charge in [0.1, 0.15) is 24.0 Å². The average molecular weight is 484 g/mol. The maximum Gasteiger partial charge on any atom is 0.193 e. The van der Waals surface area contributed by atoms with Crippen LogP contribution in [0.2, 0.25) is 0 Å². The summed E-state index contributed by atoms with van der Waals surface area (Å²) in [7, 11) is 1.84. The molecule has 1 aliphatic rings. The Balaban J connectivity index is 0.00000261. The molecule has 0 spiro atoms. The van der Waals surface area contributed by atoms with Gasteiger partial charge >= 0.3 is 0 Å².